The molecule has 1 aromatic heterocycles. The van der Waals surface area contributed by atoms with Crippen molar-refractivity contribution in [3.8, 4) is 0 Å². The van der Waals surface area contributed by atoms with Crippen LogP contribution < -0.4 is 11.1 Å². The molecule has 0 saturated heterocycles. The van der Waals surface area contributed by atoms with Crippen LogP contribution in [0.15, 0.2) is 30.5 Å². The lowest BCUT2D eigenvalue weighted by Gasteiger charge is -2.10. The first-order valence-corrected chi connectivity index (χ1v) is 7.32. The summed E-state index contributed by atoms with van der Waals surface area (Å²) in [6.45, 7) is 0.920. The number of nitrogens with one attached hydrogen (secondary N) is 1. The molecular formula is C14H17Cl3N4O. The molecule has 0 saturated carbocycles. The van der Waals surface area contributed by atoms with Crippen molar-refractivity contribution in [3.63, 3.8) is 0 Å². The number of carbonyl (C=O) groups excluding carboxylic acids is 1. The summed E-state index contributed by atoms with van der Waals surface area (Å²) in [5.74, 6) is 0.535. The Morgan fingerprint density at radius 3 is 2.82 bits per heavy atom. The highest BCUT2D eigenvalue weighted by Gasteiger charge is 2.10. The Balaban J connectivity index is 0.00000242. The third kappa shape index (κ3) is 4.88. The number of halogens is 3. The molecule has 120 valence electrons. The average Bonchev–Trinajstić information content (AvgIpc) is 2.89. The van der Waals surface area contributed by atoms with E-state index in [-0.39, 0.29) is 18.3 Å². The lowest BCUT2D eigenvalue weighted by atomic mass is 10.2. The largest absolute Gasteiger partial charge is 0.330 e. The zero-order valence-corrected chi connectivity index (χ0v) is 14.1. The number of aromatic nitrogens is 2. The van der Waals surface area contributed by atoms with Gasteiger partial charge in [0.2, 0.25) is 5.91 Å². The summed E-state index contributed by atoms with van der Waals surface area (Å²) in [7, 11) is 0. The first-order valence-electron chi connectivity index (χ1n) is 6.56. The quantitative estimate of drug-likeness (QED) is 0.826. The molecule has 5 nitrogen and oxygen atoms in total. The highest BCUT2D eigenvalue weighted by Crippen LogP contribution is 2.26. The Labute approximate surface area is 145 Å². The number of carbonyl (C=O) groups is 1. The molecule has 3 N–H and O–H groups in total. The normalized spacial score (nSPS) is 10.1. The number of amides is 1. The van der Waals surface area contributed by atoms with Crippen LogP contribution in [0, 0.1) is 0 Å². The first kappa shape index (κ1) is 18.8. The summed E-state index contributed by atoms with van der Waals surface area (Å²) in [6, 6.07) is 7.16. The number of anilines is 1. The maximum Gasteiger partial charge on any atom is 0.225 e. The number of hydrogen-bond donors (Lipinski definition) is 2. The van der Waals surface area contributed by atoms with Gasteiger partial charge >= 0.3 is 0 Å². The van der Waals surface area contributed by atoms with Crippen molar-refractivity contribution in [2.45, 2.75) is 19.4 Å². The molecule has 8 heteroatoms. The zero-order valence-electron chi connectivity index (χ0n) is 11.8. The minimum atomic E-state index is -0.0839. The Kier molecular flexibility index (Phi) is 7.68. The molecule has 0 unspecified atom stereocenters. The number of rotatable bonds is 6. The highest BCUT2D eigenvalue weighted by atomic mass is 35.5. The average molecular weight is 364 g/mol. The van der Waals surface area contributed by atoms with Gasteiger partial charge in [0.15, 0.2) is 0 Å². The fourth-order valence-electron chi connectivity index (χ4n) is 1.86. The summed E-state index contributed by atoms with van der Waals surface area (Å²) in [5.41, 5.74) is 6.23. The van der Waals surface area contributed by atoms with Crippen molar-refractivity contribution in [1.82, 2.24) is 9.78 Å². The molecular weight excluding hydrogens is 347 g/mol. The van der Waals surface area contributed by atoms with Gasteiger partial charge in [-0.3, -0.25) is 4.79 Å². The second-order valence-electron chi connectivity index (χ2n) is 4.53. The predicted molar refractivity (Wildman–Crippen MR) is 92.0 cm³/mol. The van der Waals surface area contributed by atoms with Crippen molar-refractivity contribution in [2.24, 2.45) is 5.73 Å². The molecule has 0 radical (unpaired) electrons. The molecule has 1 aromatic carbocycles. The first-order chi connectivity index (χ1) is 10.1. The molecule has 1 heterocycles. The van der Waals surface area contributed by atoms with Crippen molar-refractivity contribution in [3.05, 3.63) is 46.1 Å². The molecule has 22 heavy (non-hydrogen) atoms. The van der Waals surface area contributed by atoms with Gasteiger partial charge in [0, 0.05) is 12.5 Å². The molecule has 1 amide bonds. The van der Waals surface area contributed by atoms with Gasteiger partial charge in [-0.25, -0.2) is 4.68 Å². The van der Waals surface area contributed by atoms with Gasteiger partial charge < -0.3 is 11.1 Å². The maximum atomic E-state index is 11.7. The molecule has 0 bridgehead atoms. The molecule has 0 aliphatic heterocycles. The summed E-state index contributed by atoms with van der Waals surface area (Å²) < 4.78 is 1.66. The standard InChI is InChI=1S/C14H16Cl2N4O.ClH/c15-11-4-1-3-10(14(11)16)9-20-12(6-8-18-20)19-13(21)5-2-7-17;/h1,3-4,6,8H,2,5,7,9,17H2,(H,19,21);1H. The predicted octanol–water partition coefficient (Wildman–Crippen LogP) is 3.34. The van der Waals surface area contributed by atoms with Gasteiger partial charge in [0.1, 0.15) is 5.82 Å². The van der Waals surface area contributed by atoms with Gasteiger partial charge in [-0.1, -0.05) is 35.3 Å². The Morgan fingerprint density at radius 2 is 2.09 bits per heavy atom. The van der Waals surface area contributed by atoms with Gasteiger partial charge in [-0.05, 0) is 24.6 Å². The zero-order chi connectivity index (χ0) is 15.2. The topological polar surface area (TPSA) is 72.9 Å². The van der Waals surface area contributed by atoms with E-state index in [2.05, 4.69) is 10.4 Å². The maximum absolute atomic E-state index is 11.7. The van der Waals surface area contributed by atoms with Gasteiger partial charge in [0.25, 0.3) is 0 Å². The van der Waals surface area contributed by atoms with E-state index in [0.29, 0.717) is 41.8 Å². The van der Waals surface area contributed by atoms with E-state index in [0.717, 1.165) is 5.56 Å². The Bertz CT molecular complexity index is 630. The van der Waals surface area contributed by atoms with E-state index in [1.165, 1.54) is 0 Å². The molecule has 0 aliphatic rings. The van der Waals surface area contributed by atoms with Crippen molar-refractivity contribution in [2.75, 3.05) is 11.9 Å². The summed E-state index contributed by atoms with van der Waals surface area (Å²) in [6.07, 6.45) is 2.66. The smallest absolute Gasteiger partial charge is 0.225 e. The Morgan fingerprint density at radius 1 is 1.32 bits per heavy atom. The molecule has 0 atom stereocenters. The molecule has 0 fully saturated rings. The molecule has 2 aromatic rings. The fraction of sp³-hybridized carbons (Fsp3) is 0.286. The van der Waals surface area contributed by atoms with Crippen LogP contribution >= 0.6 is 35.6 Å². The number of nitrogens with zero attached hydrogens (tertiary/aromatic N) is 2. The van der Waals surface area contributed by atoms with Crippen molar-refractivity contribution >= 4 is 47.3 Å². The van der Waals surface area contributed by atoms with Gasteiger partial charge in [-0.2, -0.15) is 5.10 Å². The monoisotopic (exact) mass is 362 g/mol. The van der Waals surface area contributed by atoms with Gasteiger partial charge in [0.05, 0.1) is 22.8 Å². The lowest BCUT2D eigenvalue weighted by molar-refractivity contribution is -0.116. The second kappa shape index (κ2) is 9.00. The summed E-state index contributed by atoms with van der Waals surface area (Å²) in [4.78, 5) is 11.7. The van der Waals surface area contributed by atoms with E-state index in [4.69, 9.17) is 28.9 Å². The van der Waals surface area contributed by atoms with Crippen LogP contribution in [0.25, 0.3) is 0 Å². The van der Waals surface area contributed by atoms with E-state index in [1.807, 2.05) is 12.1 Å². The molecule has 0 spiro atoms. The third-order valence-electron chi connectivity index (χ3n) is 2.94. The minimum Gasteiger partial charge on any atom is -0.330 e. The van der Waals surface area contributed by atoms with Gasteiger partial charge in [-0.15, -0.1) is 12.4 Å². The van der Waals surface area contributed by atoms with Crippen molar-refractivity contribution in [1.29, 1.82) is 0 Å². The fourth-order valence-corrected chi connectivity index (χ4v) is 2.24. The van der Waals surface area contributed by atoms with Crippen molar-refractivity contribution < 1.29 is 4.79 Å². The molecule has 0 aliphatic carbocycles. The van der Waals surface area contributed by atoms with Crippen LogP contribution in [0.4, 0.5) is 5.82 Å². The van der Waals surface area contributed by atoms with Crippen LogP contribution in [0.2, 0.25) is 10.0 Å². The number of benzene rings is 1. The highest BCUT2D eigenvalue weighted by molar-refractivity contribution is 6.42. The third-order valence-corrected chi connectivity index (χ3v) is 3.80. The van der Waals surface area contributed by atoms with Crippen LogP contribution in [0.3, 0.4) is 0 Å². The second-order valence-corrected chi connectivity index (χ2v) is 5.31. The van der Waals surface area contributed by atoms with E-state index < -0.39 is 0 Å². The SMILES string of the molecule is Cl.NCCCC(=O)Nc1ccnn1Cc1cccc(Cl)c1Cl. The number of hydrogen-bond acceptors (Lipinski definition) is 3. The van der Waals surface area contributed by atoms with Crippen LogP contribution in [0.1, 0.15) is 18.4 Å². The van der Waals surface area contributed by atoms with E-state index in [1.54, 1.807) is 23.0 Å². The minimum absolute atomic E-state index is 0. The Hall–Kier alpha value is -1.27. The van der Waals surface area contributed by atoms with Crippen LogP contribution in [-0.2, 0) is 11.3 Å². The lowest BCUT2D eigenvalue weighted by Crippen LogP contribution is -2.17. The van der Waals surface area contributed by atoms with E-state index in [9.17, 15) is 4.79 Å². The molecule has 2 rings (SSSR count). The van der Waals surface area contributed by atoms with Crippen LogP contribution in [0.5, 0.6) is 0 Å². The summed E-state index contributed by atoms with van der Waals surface area (Å²) >= 11 is 12.2. The van der Waals surface area contributed by atoms with Crippen LogP contribution in [-0.4, -0.2) is 22.2 Å². The van der Waals surface area contributed by atoms with E-state index >= 15 is 0 Å². The summed E-state index contributed by atoms with van der Waals surface area (Å²) in [5, 5.41) is 7.99. The number of nitrogens with two attached hydrogens (primary N) is 1.